The van der Waals surface area contributed by atoms with Crippen molar-refractivity contribution in [3.8, 4) is 0 Å². The number of rotatable bonds is 5. The Morgan fingerprint density at radius 1 is 1.09 bits per heavy atom. The maximum atomic E-state index is 12.4. The summed E-state index contributed by atoms with van der Waals surface area (Å²) in [5, 5.41) is 13.5. The van der Waals surface area contributed by atoms with E-state index in [0.717, 1.165) is 15.6 Å². The van der Waals surface area contributed by atoms with Crippen LogP contribution in [0.5, 0.6) is 0 Å². The topological polar surface area (TPSA) is 49.3 Å². The lowest BCUT2D eigenvalue weighted by atomic mass is 10.1. The monoisotopic (exact) mass is 311 g/mol. The summed E-state index contributed by atoms with van der Waals surface area (Å²) in [6, 6.07) is 19.4. The Hall–Kier alpha value is -2.17. The molecule has 0 saturated carbocycles. The maximum Gasteiger partial charge on any atom is 0.261 e. The fraction of sp³-hybridized carbons (Fsp3) is 0.167. The standard InChI is InChI=1S/C18H17NO2S/c20-12-15(10-13-6-2-1-3-7-13)19-18(21)17-11-14-8-4-5-9-16(14)22-17/h1-9,11,15,20H,10,12H2,(H,19,21)/t15-/m1/s1. The van der Waals surface area contributed by atoms with Crippen LogP contribution in [-0.4, -0.2) is 23.7 Å². The van der Waals surface area contributed by atoms with E-state index in [1.807, 2.05) is 60.7 Å². The zero-order valence-electron chi connectivity index (χ0n) is 12.0. The van der Waals surface area contributed by atoms with Crippen LogP contribution < -0.4 is 5.32 Å². The molecule has 22 heavy (non-hydrogen) atoms. The van der Waals surface area contributed by atoms with Gasteiger partial charge in [-0.25, -0.2) is 0 Å². The molecule has 3 nitrogen and oxygen atoms in total. The average Bonchev–Trinajstić information content (AvgIpc) is 2.99. The molecular formula is C18H17NO2S. The molecule has 0 aliphatic heterocycles. The molecule has 0 fully saturated rings. The van der Waals surface area contributed by atoms with E-state index in [9.17, 15) is 9.90 Å². The van der Waals surface area contributed by atoms with Gasteiger partial charge in [-0.3, -0.25) is 4.79 Å². The van der Waals surface area contributed by atoms with E-state index >= 15 is 0 Å². The first kappa shape index (κ1) is 14.8. The third-order valence-corrected chi connectivity index (χ3v) is 4.64. The van der Waals surface area contributed by atoms with Gasteiger partial charge in [0.25, 0.3) is 5.91 Å². The first-order valence-corrected chi connectivity index (χ1v) is 8.02. The van der Waals surface area contributed by atoms with Crippen LogP contribution in [-0.2, 0) is 6.42 Å². The number of hydrogen-bond donors (Lipinski definition) is 2. The summed E-state index contributed by atoms with van der Waals surface area (Å²) in [5.74, 6) is -0.129. The van der Waals surface area contributed by atoms with Crippen LogP contribution in [0, 0.1) is 0 Å². The number of aliphatic hydroxyl groups excluding tert-OH is 1. The number of nitrogens with one attached hydrogen (secondary N) is 1. The smallest absolute Gasteiger partial charge is 0.261 e. The highest BCUT2D eigenvalue weighted by Crippen LogP contribution is 2.25. The number of benzene rings is 2. The Kier molecular flexibility index (Phi) is 4.51. The molecule has 1 atom stereocenters. The third-order valence-electron chi connectivity index (χ3n) is 3.53. The summed E-state index contributed by atoms with van der Waals surface area (Å²) in [5.41, 5.74) is 1.10. The van der Waals surface area contributed by atoms with Gasteiger partial charge in [-0.2, -0.15) is 0 Å². The van der Waals surface area contributed by atoms with E-state index in [4.69, 9.17) is 0 Å². The van der Waals surface area contributed by atoms with Gasteiger partial charge in [0, 0.05) is 4.70 Å². The minimum absolute atomic E-state index is 0.0778. The fourth-order valence-electron chi connectivity index (χ4n) is 2.41. The fourth-order valence-corrected chi connectivity index (χ4v) is 3.38. The minimum atomic E-state index is -0.278. The van der Waals surface area contributed by atoms with Crippen molar-refractivity contribution in [1.82, 2.24) is 5.32 Å². The molecule has 112 valence electrons. The molecule has 3 rings (SSSR count). The first-order chi connectivity index (χ1) is 10.8. The predicted molar refractivity (Wildman–Crippen MR) is 90.3 cm³/mol. The summed E-state index contributed by atoms with van der Waals surface area (Å²) >= 11 is 1.47. The molecule has 2 N–H and O–H groups in total. The van der Waals surface area contributed by atoms with Crippen LogP contribution in [0.2, 0.25) is 0 Å². The van der Waals surface area contributed by atoms with E-state index in [1.165, 1.54) is 11.3 Å². The highest BCUT2D eigenvalue weighted by Gasteiger charge is 2.15. The predicted octanol–water partition coefficient (Wildman–Crippen LogP) is 3.23. The number of fused-ring (bicyclic) bond motifs is 1. The normalized spacial score (nSPS) is 12.2. The summed E-state index contributed by atoms with van der Waals surface area (Å²) < 4.78 is 1.09. The quantitative estimate of drug-likeness (QED) is 0.760. The van der Waals surface area contributed by atoms with Crippen LogP contribution in [0.15, 0.2) is 60.7 Å². The lowest BCUT2D eigenvalue weighted by Gasteiger charge is -2.15. The highest BCUT2D eigenvalue weighted by atomic mass is 32.1. The third kappa shape index (κ3) is 3.35. The summed E-state index contributed by atoms with van der Waals surface area (Å²) in [6.45, 7) is -0.0778. The number of thiophene rings is 1. The van der Waals surface area contributed by atoms with Crippen molar-refractivity contribution in [1.29, 1.82) is 0 Å². The SMILES string of the molecule is O=C(N[C@@H](CO)Cc1ccccc1)c1cc2ccccc2s1. The van der Waals surface area contributed by atoms with Crippen LogP contribution in [0.3, 0.4) is 0 Å². The van der Waals surface area contributed by atoms with Crippen LogP contribution >= 0.6 is 11.3 Å². The molecule has 0 spiro atoms. The van der Waals surface area contributed by atoms with Gasteiger partial charge in [-0.1, -0.05) is 48.5 Å². The van der Waals surface area contributed by atoms with Gasteiger partial charge in [-0.15, -0.1) is 11.3 Å². The van der Waals surface area contributed by atoms with Gasteiger partial charge >= 0.3 is 0 Å². The van der Waals surface area contributed by atoms with Crippen LogP contribution in [0.4, 0.5) is 0 Å². The van der Waals surface area contributed by atoms with Gasteiger partial charge in [0.2, 0.25) is 0 Å². The molecule has 0 aliphatic carbocycles. The molecule has 0 saturated heterocycles. The second-order valence-corrected chi connectivity index (χ2v) is 6.27. The number of amides is 1. The largest absolute Gasteiger partial charge is 0.394 e. The van der Waals surface area contributed by atoms with Crippen LogP contribution in [0.25, 0.3) is 10.1 Å². The summed E-state index contributed by atoms with van der Waals surface area (Å²) in [6.07, 6.45) is 0.619. The minimum Gasteiger partial charge on any atom is -0.394 e. The van der Waals surface area contributed by atoms with E-state index in [2.05, 4.69) is 5.32 Å². The van der Waals surface area contributed by atoms with E-state index in [0.29, 0.717) is 11.3 Å². The Bertz CT molecular complexity index is 734. The van der Waals surface area contributed by atoms with Gasteiger partial charge in [0.05, 0.1) is 17.5 Å². The Morgan fingerprint density at radius 3 is 2.55 bits per heavy atom. The molecule has 0 radical (unpaired) electrons. The Balaban J connectivity index is 1.71. The van der Waals surface area contributed by atoms with Crippen molar-refractivity contribution in [2.45, 2.75) is 12.5 Å². The van der Waals surface area contributed by atoms with Crippen molar-refractivity contribution in [2.75, 3.05) is 6.61 Å². The first-order valence-electron chi connectivity index (χ1n) is 7.20. The second-order valence-electron chi connectivity index (χ2n) is 5.19. The molecule has 1 amide bonds. The molecule has 3 aromatic rings. The molecule has 2 aromatic carbocycles. The number of aliphatic hydroxyl groups is 1. The second kappa shape index (κ2) is 6.73. The van der Waals surface area contributed by atoms with Crippen molar-refractivity contribution < 1.29 is 9.90 Å². The number of hydrogen-bond acceptors (Lipinski definition) is 3. The average molecular weight is 311 g/mol. The van der Waals surface area contributed by atoms with Gasteiger partial charge in [0.1, 0.15) is 0 Å². The zero-order chi connectivity index (χ0) is 15.4. The molecule has 4 heteroatoms. The molecule has 0 bridgehead atoms. The van der Waals surface area contributed by atoms with Gasteiger partial charge < -0.3 is 10.4 Å². The zero-order valence-corrected chi connectivity index (χ0v) is 12.8. The molecule has 0 unspecified atom stereocenters. The number of carbonyl (C=O) groups excluding carboxylic acids is 1. The Morgan fingerprint density at radius 2 is 1.82 bits per heavy atom. The molecule has 0 aliphatic rings. The lowest BCUT2D eigenvalue weighted by Crippen LogP contribution is -2.38. The maximum absolute atomic E-state index is 12.4. The van der Waals surface area contributed by atoms with Gasteiger partial charge in [-0.05, 0) is 29.5 Å². The van der Waals surface area contributed by atoms with E-state index < -0.39 is 0 Å². The summed E-state index contributed by atoms with van der Waals surface area (Å²) in [7, 11) is 0. The van der Waals surface area contributed by atoms with Crippen molar-refractivity contribution >= 4 is 27.3 Å². The van der Waals surface area contributed by atoms with Crippen LogP contribution in [0.1, 0.15) is 15.2 Å². The van der Waals surface area contributed by atoms with E-state index in [-0.39, 0.29) is 18.6 Å². The molecule has 1 heterocycles. The highest BCUT2D eigenvalue weighted by molar-refractivity contribution is 7.20. The van der Waals surface area contributed by atoms with Crippen molar-refractivity contribution in [3.05, 3.63) is 71.1 Å². The van der Waals surface area contributed by atoms with Crippen molar-refractivity contribution in [3.63, 3.8) is 0 Å². The van der Waals surface area contributed by atoms with Gasteiger partial charge in [0.15, 0.2) is 0 Å². The lowest BCUT2D eigenvalue weighted by molar-refractivity contribution is 0.0920. The number of carbonyl (C=O) groups is 1. The summed E-state index contributed by atoms with van der Waals surface area (Å²) in [4.78, 5) is 13.0. The van der Waals surface area contributed by atoms with E-state index in [1.54, 1.807) is 0 Å². The van der Waals surface area contributed by atoms with Crippen molar-refractivity contribution in [2.24, 2.45) is 0 Å². The molecule has 1 aromatic heterocycles. The Labute approximate surface area is 133 Å². The molecular weight excluding hydrogens is 294 g/mol.